The van der Waals surface area contributed by atoms with Crippen LogP contribution in [0, 0.1) is 0 Å². The summed E-state index contributed by atoms with van der Waals surface area (Å²) < 4.78 is 77.2. The van der Waals surface area contributed by atoms with Crippen LogP contribution >= 0.6 is 0 Å². The third kappa shape index (κ3) is 7.08. The molecule has 0 radical (unpaired) electrons. The number of carboxylic acids is 1. The van der Waals surface area contributed by atoms with Crippen molar-refractivity contribution >= 4 is 17.8 Å². The van der Waals surface area contributed by atoms with Crippen LogP contribution in [0.1, 0.15) is 38.9 Å². The van der Waals surface area contributed by atoms with E-state index in [0.29, 0.717) is 25.2 Å². The van der Waals surface area contributed by atoms with Gasteiger partial charge in [0, 0.05) is 44.4 Å². The summed E-state index contributed by atoms with van der Waals surface area (Å²) in [4.78, 5) is 38.7. The highest BCUT2D eigenvalue weighted by atomic mass is 19.4. The summed E-state index contributed by atoms with van der Waals surface area (Å²) in [6.45, 7) is 4.28. The van der Waals surface area contributed by atoms with E-state index in [1.54, 1.807) is 12.4 Å². The van der Waals surface area contributed by atoms with Crippen molar-refractivity contribution in [2.75, 3.05) is 13.1 Å². The fourth-order valence-electron chi connectivity index (χ4n) is 3.65. The van der Waals surface area contributed by atoms with E-state index >= 15 is 0 Å². The molecule has 2 N–H and O–H groups in total. The molecule has 3 heterocycles. The van der Waals surface area contributed by atoms with Gasteiger partial charge in [0.15, 0.2) is 6.10 Å². The fraction of sp³-hybridized carbons (Fsp3) is 0.684. The molecule has 1 atom stereocenters. The number of carbonyl (C=O) groups excluding carboxylic acids is 2. The normalized spacial score (nSPS) is 19.8. The van der Waals surface area contributed by atoms with Crippen molar-refractivity contribution in [1.82, 2.24) is 19.8 Å². The molecule has 9 nitrogen and oxygen atoms in total. The molecule has 15 heteroatoms. The Kier molecular flexibility index (Phi) is 8.22. The number of hydrogen-bond acceptors (Lipinski definition) is 5. The van der Waals surface area contributed by atoms with Crippen LogP contribution in [-0.4, -0.2) is 74.9 Å². The Morgan fingerprint density at radius 2 is 1.76 bits per heavy atom. The van der Waals surface area contributed by atoms with Crippen LogP contribution in [0.3, 0.4) is 0 Å². The van der Waals surface area contributed by atoms with Crippen molar-refractivity contribution < 1.29 is 50.6 Å². The van der Waals surface area contributed by atoms with Crippen molar-refractivity contribution in [3.8, 4) is 0 Å². The highest BCUT2D eigenvalue weighted by molar-refractivity contribution is 5.81. The molecule has 1 unspecified atom stereocenters. The number of nitrogens with zero attached hydrogens (tertiary/aromatic N) is 3. The molecule has 1 saturated heterocycles. The maximum atomic E-state index is 12.5. The molecule has 2 aliphatic heterocycles. The minimum atomic E-state index is -5.08. The Bertz CT molecular complexity index is 890. The summed E-state index contributed by atoms with van der Waals surface area (Å²) in [6, 6.07) is -0.0388. The van der Waals surface area contributed by atoms with Gasteiger partial charge < -0.3 is 24.6 Å². The van der Waals surface area contributed by atoms with Crippen LogP contribution in [0.5, 0.6) is 0 Å². The molecule has 1 fully saturated rings. The Morgan fingerprint density at radius 1 is 1.21 bits per heavy atom. The zero-order valence-corrected chi connectivity index (χ0v) is 18.2. The van der Waals surface area contributed by atoms with Crippen LogP contribution < -0.4 is 5.32 Å². The number of rotatable bonds is 3. The number of hydrogen-bond donors (Lipinski definition) is 2. The minimum absolute atomic E-state index is 0.0388. The van der Waals surface area contributed by atoms with E-state index in [-0.39, 0.29) is 25.0 Å². The van der Waals surface area contributed by atoms with Gasteiger partial charge in [-0.15, -0.1) is 0 Å². The predicted octanol–water partition coefficient (Wildman–Crippen LogP) is 2.21. The molecule has 0 bridgehead atoms. The van der Waals surface area contributed by atoms with Gasteiger partial charge in [-0.1, -0.05) is 0 Å². The lowest BCUT2D eigenvalue weighted by molar-refractivity contribution is -0.192. The number of aromatic nitrogens is 2. The summed E-state index contributed by atoms with van der Waals surface area (Å²) in [5, 5.41) is 9.95. The molecule has 0 saturated carbocycles. The zero-order chi connectivity index (χ0) is 25.9. The number of alkyl halides is 6. The van der Waals surface area contributed by atoms with Gasteiger partial charge in [-0.25, -0.2) is 9.78 Å². The van der Waals surface area contributed by atoms with Crippen LogP contribution in [0.15, 0.2) is 12.4 Å². The number of carbonyl (C=O) groups is 3. The largest absolute Gasteiger partial charge is 0.490 e. The molecular formula is C19H24F6N4O5. The molecule has 34 heavy (non-hydrogen) atoms. The van der Waals surface area contributed by atoms with Crippen molar-refractivity contribution in [1.29, 1.82) is 0 Å². The van der Waals surface area contributed by atoms with Crippen molar-refractivity contribution in [2.24, 2.45) is 0 Å². The van der Waals surface area contributed by atoms with Crippen molar-refractivity contribution in [3.63, 3.8) is 0 Å². The van der Waals surface area contributed by atoms with E-state index in [1.165, 1.54) is 4.90 Å². The van der Waals surface area contributed by atoms with Crippen molar-refractivity contribution in [2.45, 2.75) is 69.8 Å². The first-order valence-electron chi connectivity index (χ1n) is 10.2. The highest BCUT2D eigenvalue weighted by Crippen LogP contribution is 2.40. The third-order valence-corrected chi connectivity index (χ3v) is 5.09. The van der Waals surface area contributed by atoms with Gasteiger partial charge in [0.05, 0.1) is 6.54 Å². The third-order valence-electron chi connectivity index (χ3n) is 5.09. The molecule has 1 aromatic heterocycles. The van der Waals surface area contributed by atoms with E-state index in [2.05, 4.69) is 10.3 Å². The van der Waals surface area contributed by atoms with Crippen molar-refractivity contribution in [3.05, 3.63) is 18.2 Å². The number of likely N-dealkylation sites (tertiary alicyclic amines) is 1. The second-order valence-corrected chi connectivity index (χ2v) is 8.14. The number of piperidine rings is 1. The van der Waals surface area contributed by atoms with E-state index in [0.717, 1.165) is 0 Å². The molecule has 1 aromatic rings. The standard InChI is InChI=1S/C17H23F3N4O3.C2HF3O2/c1-11(2)22-14(26)12-10-24-8-5-21-15(24)16(27-12)3-6-23(7-4-16)13(25)9-17(18,19)20;3-2(4,5)1(6)7/h5,8,11-12H,3-4,6-7,9-10H2,1-2H3,(H,22,26);(H,6,7). The zero-order valence-electron chi connectivity index (χ0n) is 18.2. The second kappa shape index (κ2) is 10.2. The lowest BCUT2D eigenvalue weighted by Gasteiger charge is -2.45. The lowest BCUT2D eigenvalue weighted by Crippen LogP contribution is -2.55. The number of nitrogens with one attached hydrogen (secondary N) is 1. The molecular weight excluding hydrogens is 478 g/mol. The van der Waals surface area contributed by atoms with Crippen LogP contribution in [0.4, 0.5) is 26.3 Å². The Balaban J connectivity index is 0.000000509. The van der Waals surface area contributed by atoms with E-state index in [1.807, 2.05) is 18.4 Å². The van der Waals surface area contributed by atoms with Crippen LogP contribution in [-0.2, 0) is 31.3 Å². The average molecular weight is 502 g/mol. The van der Waals surface area contributed by atoms with E-state index in [4.69, 9.17) is 14.6 Å². The summed E-state index contributed by atoms with van der Waals surface area (Å²) in [6.07, 6.45) is -7.83. The number of ether oxygens (including phenoxy) is 1. The summed E-state index contributed by atoms with van der Waals surface area (Å²) in [5.74, 6) is -3.28. The maximum absolute atomic E-state index is 12.5. The molecule has 3 rings (SSSR count). The predicted molar refractivity (Wildman–Crippen MR) is 102 cm³/mol. The van der Waals surface area contributed by atoms with Gasteiger partial charge in [0.2, 0.25) is 5.91 Å². The summed E-state index contributed by atoms with van der Waals surface area (Å²) in [5.41, 5.74) is -0.879. The number of aliphatic carboxylic acids is 1. The average Bonchev–Trinajstić information content (AvgIpc) is 3.16. The van der Waals surface area contributed by atoms with Crippen LogP contribution in [0.25, 0.3) is 0 Å². The first kappa shape index (κ1) is 27.4. The first-order valence-corrected chi connectivity index (χ1v) is 10.2. The summed E-state index contributed by atoms with van der Waals surface area (Å²) in [7, 11) is 0. The van der Waals surface area contributed by atoms with E-state index < -0.39 is 42.4 Å². The highest BCUT2D eigenvalue weighted by Gasteiger charge is 2.48. The Morgan fingerprint density at radius 3 is 2.24 bits per heavy atom. The molecule has 0 aliphatic carbocycles. The van der Waals surface area contributed by atoms with Gasteiger partial charge in [-0.05, 0) is 13.8 Å². The number of imidazole rings is 1. The number of amides is 2. The summed E-state index contributed by atoms with van der Waals surface area (Å²) >= 11 is 0. The first-order chi connectivity index (χ1) is 15.5. The second-order valence-electron chi connectivity index (χ2n) is 8.14. The van der Waals surface area contributed by atoms with Crippen LogP contribution in [0.2, 0.25) is 0 Å². The van der Waals surface area contributed by atoms with E-state index in [9.17, 15) is 35.9 Å². The van der Waals surface area contributed by atoms with Gasteiger partial charge in [0.1, 0.15) is 17.8 Å². The Labute approximate surface area is 190 Å². The molecule has 192 valence electrons. The molecule has 2 aliphatic rings. The molecule has 1 spiro atoms. The monoisotopic (exact) mass is 502 g/mol. The Hall–Kier alpha value is -2.84. The molecule has 2 amide bonds. The number of fused-ring (bicyclic) bond motifs is 2. The van der Waals surface area contributed by atoms with Gasteiger partial charge in [-0.2, -0.15) is 26.3 Å². The van der Waals surface area contributed by atoms with Gasteiger partial charge >= 0.3 is 18.3 Å². The number of carboxylic acid groups (broad SMARTS) is 1. The quantitative estimate of drug-likeness (QED) is 0.613. The lowest BCUT2D eigenvalue weighted by atomic mass is 9.88. The minimum Gasteiger partial charge on any atom is -0.475 e. The molecule has 0 aromatic carbocycles. The maximum Gasteiger partial charge on any atom is 0.490 e. The van der Waals surface area contributed by atoms with Gasteiger partial charge in [0.25, 0.3) is 5.91 Å². The smallest absolute Gasteiger partial charge is 0.475 e. The SMILES string of the molecule is CC(C)NC(=O)C1Cn2ccnc2C2(CCN(C(=O)CC(F)(F)F)CC2)O1.O=C(O)C(F)(F)F. The fourth-order valence-corrected chi connectivity index (χ4v) is 3.65. The van der Waals surface area contributed by atoms with Gasteiger partial charge in [-0.3, -0.25) is 9.59 Å². The topological polar surface area (TPSA) is 114 Å². The number of halogens is 6.